The Kier molecular flexibility index (Phi) is 3.02. The van der Waals surface area contributed by atoms with E-state index in [0.717, 1.165) is 6.42 Å². The molecule has 5 heteroatoms. The highest BCUT2D eigenvalue weighted by Gasteiger charge is 2.21. The summed E-state index contributed by atoms with van der Waals surface area (Å²) in [5.41, 5.74) is 6.05. The van der Waals surface area contributed by atoms with Crippen LogP contribution >= 0.6 is 0 Å². The second-order valence-electron chi connectivity index (χ2n) is 2.82. The molecule has 1 unspecified atom stereocenters. The number of rotatable bonds is 3. The lowest BCUT2D eigenvalue weighted by atomic mass is 10.0. The fourth-order valence-corrected chi connectivity index (χ4v) is 1.19. The van der Waals surface area contributed by atoms with E-state index in [1.165, 1.54) is 6.08 Å². The van der Waals surface area contributed by atoms with E-state index in [4.69, 9.17) is 5.73 Å². The van der Waals surface area contributed by atoms with E-state index in [1.807, 2.05) is 6.92 Å². The molecule has 1 rings (SSSR count). The number of urea groups is 1. The maximum atomic E-state index is 10.9. The number of carbonyl (C=O) groups excluding carboxylic acids is 2. The fraction of sp³-hybridized carbons (Fsp3) is 0.500. The molecular formula is C8H12N3O2. The van der Waals surface area contributed by atoms with Gasteiger partial charge >= 0.3 is 6.03 Å². The van der Waals surface area contributed by atoms with Gasteiger partial charge in [-0.05, 0) is 6.42 Å². The molecule has 1 heterocycles. The van der Waals surface area contributed by atoms with Gasteiger partial charge in [-0.2, -0.15) is 5.32 Å². The average Bonchev–Trinajstić information content (AvgIpc) is 2.04. The summed E-state index contributed by atoms with van der Waals surface area (Å²) in [5.74, 6) is -0.478. The Morgan fingerprint density at radius 1 is 1.62 bits per heavy atom. The van der Waals surface area contributed by atoms with Gasteiger partial charge in [-0.15, -0.1) is 0 Å². The van der Waals surface area contributed by atoms with Crippen molar-refractivity contribution < 1.29 is 9.59 Å². The molecule has 0 saturated heterocycles. The largest absolute Gasteiger partial charge is 0.348 e. The van der Waals surface area contributed by atoms with Crippen LogP contribution < -0.4 is 16.4 Å². The quantitative estimate of drug-likeness (QED) is 0.628. The SMILES string of the molecule is CCC(CN)C1=CC(=O)[N]C(=O)N1. The van der Waals surface area contributed by atoms with E-state index < -0.39 is 11.9 Å². The van der Waals surface area contributed by atoms with Crippen molar-refractivity contribution >= 4 is 11.9 Å². The van der Waals surface area contributed by atoms with Crippen molar-refractivity contribution in [1.82, 2.24) is 10.6 Å². The van der Waals surface area contributed by atoms with Gasteiger partial charge in [-0.1, -0.05) is 6.92 Å². The van der Waals surface area contributed by atoms with Crippen LogP contribution in [0.3, 0.4) is 0 Å². The zero-order valence-corrected chi connectivity index (χ0v) is 7.41. The molecule has 1 aliphatic heterocycles. The summed E-state index contributed by atoms with van der Waals surface area (Å²) in [6.45, 7) is 2.36. The molecule has 0 spiro atoms. The zero-order valence-electron chi connectivity index (χ0n) is 7.41. The first-order valence-corrected chi connectivity index (χ1v) is 4.15. The molecule has 0 aliphatic carbocycles. The van der Waals surface area contributed by atoms with Gasteiger partial charge < -0.3 is 11.1 Å². The second kappa shape index (κ2) is 4.04. The van der Waals surface area contributed by atoms with Gasteiger partial charge in [0.2, 0.25) is 0 Å². The third-order valence-electron chi connectivity index (χ3n) is 1.96. The lowest BCUT2D eigenvalue weighted by molar-refractivity contribution is -0.116. The molecule has 0 fully saturated rings. The second-order valence-corrected chi connectivity index (χ2v) is 2.82. The van der Waals surface area contributed by atoms with Gasteiger partial charge in [0.05, 0.1) is 0 Å². The number of nitrogens with zero attached hydrogens (tertiary/aromatic N) is 1. The molecule has 1 radical (unpaired) electrons. The van der Waals surface area contributed by atoms with Gasteiger partial charge in [0.1, 0.15) is 0 Å². The fourth-order valence-electron chi connectivity index (χ4n) is 1.19. The van der Waals surface area contributed by atoms with Gasteiger partial charge in [0.25, 0.3) is 5.91 Å². The molecule has 71 valence electrons. The predicted octanol–water partition coefficient (Wildman–Crippen LogP) is -0.291. The van der Waals surface area contributed by atoms with Crippen LogP contribution in [-0.2, 0) is 4.79 Å². The smallest absolute Gasteiger partial charge is 0.330 e. The molecule has 3 amide bonds. The van der Waals surface area contributed by atoms with Crippen molar-refractivity contribution in [3.8, 4) is 0 Å². The molecule has 1 atom stereocenters. The average molecular weight is 182 g/mol. The Labute approximate surface area is 76.4 Å². The summed E-state index contributed by atoms with van der Waals surface area (Å²) < 4.78 is 0. The monoisotopic (exact) mass is 182 g/mol. The van der Waals surface area contributed by atoms with Crippen LogP contribution in [-0.4, -0.2) is 18.5 Å². The molecule has 0 bridgehead atoms. The third-order valence-corrected chi connectivity index (χ3v) is 1.96. The van der Waals surface area contributed by atoms with Gasteiger partial charge in [0, 0.05) is 24.2 Å². The maximum Gasteiger partial charge on any atom is 0.348 e. The van der Waals surface area contributed by atoms with Crippen molar-refractivity contribution in [3.63, 3.8) is 0 Å². The minimum atomic E-state index is -0.602. The first-order chi connectivity index (χ1) is 6.17. The van der Waals surface area contributed by atoms with Gasteiger partial charge in [0.15, 0.2) is 0 Å². The Morgan fingerprint density at radius 2 is 2.31 bits per heavy atom. The number of hydrogen-bond donors (Lipinski definition) is 2. The summed E-state index contributed by atoms with van der Waals surface area (Å²) in [6.07, 6.45) is 2.11. The topological polar surface area (TPSA) is 86.3 Å². The first-order valence-electron chi connectivity index (χ1n) is 4.15. The Hall–Kier alpha value is -1.36. The van der Waals surface area contributed by atoms with Gasteiger partial charge in [-0.3, -0.25) is 4.79 Å². The number of carbonyl (C=O) groups is 2. The highest BCUT2D eigenvalue weighted by Crippen LogP contribution is 2.12. The van der Waals surface area contributed by atoms with E-state index in [-0.39, 0.29) is 5.92 Å². The van der Waals surface area contributed by atoms with Crippen molar-refractivity contribution in [2.45, 2.75) is 13.3 Å². The van der Waals surface area contributed by atoms with Crippen molar-refractivity contribution in [2.75, 3.05) is 6.54 Å². The van der Waals surface area contributed by atoms with E-state index in [9.17, 15) is 9.59 Å². The van der Waals surface area contributed by atoms with Crippen LogP contribution in [0.25, 0.3) is 0 Å². The van der Waals surface area contributed by atoms with Crippen LogP contribution in [0.1, 0.15) is 13.3 Å². The standard InChI is InChI=1S/C8H12N3O2/c1-2-5(4-9)6-3-7(12)11-8(13)10-6/h3,5H,2,4,9H2,1H3,(H,10,13). The molecule has 0 saturated carbocycles. The Morgan fingerprint density at radius 3 is 2.77 bits per heavy atom. The summed E-state index contributed by atoms with van der Waals surface area (Å²) in [7, 11) is 0. The number of nitrogens with one attached hydrogen (secondary N) is 1. The first kappa shape index (κ1) is 9.73. The van der Waals surface area contributed by atoms with Gasteiger partial charge in [-0.25, -0.2) is 4.79 Å². The summed E-state index contributed by atoms with van der Waals surface area (Å²) in [6, 6.07) is -0.602. The van der Waals surface area contributed by atoms with Crippen LogP contribution in [0.2, 0.25) is 0 Å². The molecule has 1 aliphatic rings. The maximum absolute atomic E-state index is 10.9. The van der Waals surface area contributed by atoms with Crippen LogP contribution in [0.15, 0.2) is 11.8 Å². The Bertz CT molecular complexity index is 256. The van der Waals surface area contributed by atoms with E-state index in [1.54, 1.807) is 0 Å². The lowest BCUT2D eigenvalue weighted by Gasteiger charge is -2.19. The zero-order chi connectivity index (χ0) is 9.84. The summed E-state index contributed by atoms with van der Waals surface area (Å²) in [4.78, 5) is 21.7. The van der Waals surface area contributed by atoms with Crippen molar-refractivity contribution in [1.29, 1.82) is 0 Å². The molecule has 0 aromatic carbocycles. The molecule has 0 aromatic rings. The number of hydrogen-bond acceptors (Lipinski definition) is 3. The van der Waals surface area contributed by atoms with Crippen molar-refractivity contribution in [3.05, 3.63) is 11.8 Å². The molecular weight excluding hydrogens is 170 g/mol. The lowest BCUT2D eigenvalue weighted by Crippen LogP contribution is -2.41. The number of nitrogens with two attached hydrogens (primary N) is 1. The predicted molar refractivity (Wildman–Crippen MR) is 46.6 cm³/mol. The number of imide groups is 1. The highest BCUT2D eigenvalue weighted by molar-refractivity contribution is 6.03. The van der Waals surface area contributed by atoms with Crippen LogP contribution in [0.5, 0.6) is 0 Å². The molecule has 5 nitrogen and oxygen atoms in total. The molecule has 13 heavy (non-hydrogen) atoms. The summed E-state index contributed by atoms with van der Waals surface area (Å²) in [5, 5.41) is 5.68. The van der Waals surface area contributed by atoms with E-state index >= 15 is 0 Å². The van der Waals surface area contributed by atoms with E-state index in [2.05, 4.69) is 10.6 Å². The molecule has 3 N–H and O–H groups in total. The minimum Gasteiger partial charge on any atom is -0.330 e. The molecule has 0 aromatic heterocycles. The van der Waals surface area contributed by atoms with E-state index in [0.29, 0.717) is 12.2 Å². The minimum absolute atomic E-state index is 0.0309. The normalized spacial score (nSPS) is 18.8. The van der Waals surface area contributed by atoms with Crippen LogP contribution in [0, 0.1) is 5.92 Å². The third kappa shape index (κ3) is 2.29. The van der Waals surface area contributed by atoms with Crippen LogP contribution in [0.4, 0.5) is 4.79 Å². The number of amides is 3. The highest BCUT2D eigenvalue weighted by atomic mass is 16.2. The Balaban J connectivity index is 2.78. The van der Waals surface area contributed by atoms with Crippen molar-refractivity contribution in [2.24, 2.45) is 11.7 Å². The summed E-state index contributed by atoms with van der Waals surface area (Å²) >= 11 is 0.